The Labute approximate surface area is 119 Å². The third kappa shape index (κ3) is 5.01. The lowest BCUT2D eigenvalue weighted by molar-refractivity contribution is -0.128. The van der Waals surface area contributed by atoms with E-state index in [1.54, 1.807) is 18.2 Å². The summed E-state index contributed by atoms with van der Waals surface area (Å²) < 4.78 is 0. The van der Waals surface area contributed by atoms with E-state index >= 15 is 0 Å². The van der Waals surface area contributed by atoms with Gasteiger partial charge in [0.1, 0.15) is 6.10 Å². The van der Waals surface area contributed by atoms with Gasteiger partial charge in [-0.05, 0) is 38.0 Å². The molecule has 0 aliphatic carbocycles. The molecule has 110 valence electrons. The van der Waals surface area contributed by atoms with E-state index in [0.717, 1.165) is 12.0 Å². The van der Waals surface area contributed by atoms with E-state index < -0.39 is 12.0 Å². The minimum absolute atomic E-state index is 0.122. The molecule has 0 heterocycles. The molecule has 0 aromatic heterocycles. The molecule has 2 atom stereocenters. The normalized spacial score (nSPS) is 13.4. The number of carbonyl (C=O) groups excluding carboxylic acids is 2. The number of amides is 2. The molecular formula is C15H22N2O3. The molecule has 0 saturated carbocycles. The summed E-state index contributed by atoms with van der Waals surface area (Å²) in [6.45, 7) is 5.65. The van der Waals surface area contributed by atoms with Crippen molar-refractivity contribution < 1.29 is 14.7 Å². The zero-order chi connectivity index (χ0) is 15.1. The fourth-order valence-corrected chi connectivity index (χ4v) is 1.57. The Bertz CT molecular complexity index is 472. The summed E-state index contributed by atoms with van der Waals surface area (Å²) in [5.74, 6) is -0.553. The van der Waals surface area contributed by atoms with Crippen molar-refractivity contribution in [1.82, 2.24) is 10.6 Å². The Kier molecular flexibility index (Phi) is 6.18. The molecule has 2 amide bonds. The minimum Gasteiger partial charge on any atom is -0.384 e. The number of hydrogen-bond donors (Lipinski definition) is 3. The summed E-state index contributed by atoms with van der Waals surface area (Å²) in [4.78, 5) is 23.3. The van der Waals surface area contributed by atoms with Crippen molar-refractivity contribution in [3.05, 3.63) is 35.4 Å². The summed E-state index contributed by atoms with van der Waals surface area (Å²) in [7, 11) is 0. The predicted octanol–water partition coefficient (Wildman–Crippen LogP) is 1.21. The maximum absolute atomic E-state index is 12.0. The molecule has 3 N–H and O–H groups in total. The third-order valence-corrected chi connectivity index (χ3v) is 3.03. The Balaban J connectivity index is 2.66. The molecule has 0 radical (unpaired) electrons. The van der Waals surface area contributed by atoms with Gasteiger partial charge in [0.05, 0.1) is 0 Å². The van der Waals surface area contributed by atoms with Crippen molar-refractivity contribution in [2.45, 2.75) is 45.9 Å². The summed E-state index contributed by atoms with van der Waals surface area (Å²) in [6, 6.07) is 7.19. The molecule has 1 aromatic carbocycles. The number of carbonyl (C=O) groups is 2. The Morgan fingerprint density at radius 3 is 2.60 bits per heavy atom. The number of nitrogens with one attached hydrogen (secondary N) is 2. The first kappa shape index (κ1) is 16.2. The van der Waals surface area contributed by atoms with Crippen LogP contribution in [-0.2, 0) is 11.3 Å². The summed E-state index contributed by atoms with van der Waals surface area (Å²) >= 11 is 0. The monoisotopic (exact) mass is 278 g/mol. The number of rotatable bonds is 6. The van der Waals surface area contributed by atoms with Gasteiger partial charge in [-0.1, -0.05) is 19.1 Å². The molecule has 0 fully saturated rings. The molecule has 5 heteroatoms. The standard InChI is InChI=1S/C15H22N2O3/c1-4-10(2)17-15(20)13-7-5-6-12(8-13)9-16-14(19)11(3)18/h5-8,10-11,18H,4,9H2,1-3H3,(H,16,19)(H,17,20). The van der Waals surface area contributed by atoms with Crippen LogP contribution in [0.5, 0.6) is 0 Å². The van der Waals surface area contributed by atoms with E-state index in [4.69, 9.17) is 5.11 Å². The van der Waals surface area contributed by atoms with E-state index in [1.807, 2.05) is 19.9 Å². The second kappa shape index (κ2) is 7.65. The van der Waals surface area contributed by atoms with Crippen LogP contribution < -0.4 is 10.6 Å². The first-order chi connectivity index (χ1) is 9.43. The molecule has 2 unspecified atom stereocenters. The van der Waals surface area contributed by atoms with Gasteiger partial charge in [-0.15, -0.1) is 0 Å². The Morgan fingerprint density at radius 2 is 2.00 bits per heavy atom. The van der Waals surface area contributed by atoms with Crippen LogP contribution in [0.15, 0.2) is 24.3 Å². The average molecular weight is 278 g/mol. The maximum Gasteiger partial charge on any atom is 0.251 e. The van der Waals surface area contributed by atoms with Crippen LogP contribution >= 0.6 is 0 Å². The lowest BCUT2D eigenvalue weighted by Gasteiger charge is -2.12. The van der Waals surface area contributed by atoms with Crippen LogP contribution in [0.25, 0.3) is 0 Å². The van der Waals surface area contributed by atoms with E-state index in [9.17, 15) is 9.59 Å². The minimum atomic E-state index is -1.04. The second-order valence-corrected chi connectivity index (χ2v) is 4.88. The van der Waals surface area contributed by atoms with Crippen LogP contribution in [0.1, 0.15) is 43.1 Å². The summed E-state index contributed by atoms with van der Waals surface area (Å²) in [6.07, 6.45) is -0.164. The quantitative estimate of drug-likeness (QED) is 0.732. The van der Waals surface area contributed by atoms with Crippen LogP contribution in [0.4, 0.5) is 0 Å². The smallest absolute Gasteiger partial charge is 0.251 e. The highest BCUT2D eigenvalue weighted by Crippen LogP contribution is 2.06. The highest BCUT2D eigenvalue weighted by Gasteiger charge is 2.10. The van der Waals surface area contributed by atoms with Gasteiger partial charge in [0, 0.05) is 18.2 Å². The van der Waals surface area contributed by atoms with Gasteiger partial charge in [-0.3, -0.25) is 9.59 Å². The van der Waals surface area contributed by atoms with Crippen LogP contribution in [0.2, 0.25) is 0 Å². The number of benzene rings is 1. The summed E-state index contributed by atoms with van der Waals surface area (Å²) in [5.41, 5.74) is 1.38. The van der Waals surface area contributed by atoms with Crippen molar-refractivity contribution in [3.8, 4) is 0 Å². The predicted molar refractivity (Wildman–Crippen MR) is 77.2 cm³/mol. The van der Waals surface area contributed by atoms with Crippen LogP contribution in [0, 0.1) is 0 Å². The molecule has 20 heavy (non-hydrogen) atoms. The average Bonchev–Trinajstić information content (AvgIpc) is 2.44. The molecule has 0 spiro atoms. The van der Waals surface area contributed by atoms with Crippen molar-refractivity contribution >= 4 is 11.8 Å². The molecule has 0 aliphatic heterocycles. The maximum atomic E-state index is 12.0. The first-order valence-corrected chi connectivity index (χ1v) is 6.79. The zero-order valence-electron chi connectivity index (χ0n) is 12.1. The SMILES string of the molecule is CCC(C)NC(=O)c1cccc(CNC(=O)C(C)O)c1. The first-order valence-electron chi connectivity index (χ1n) is 6.79. The molecule has 0 saturated heterocycles. The van der Waals surface area contributed by atoms with Crippen LogP contribution in [0.3, 0.4) is 0 Å². The molecule has 1 rings (SSSR count). The van der Waals surface area contributed by atoms with E-state index in [1.165, 1.54) is 6.92 Å². The Morgan fingerprint density at radius 1 is 1.30 bits per heavy atom. The lowest BCUT2D eigenvalue weighted by atomic mass is 10.1. The number of aliphatic hydroxyl groups is 1. The van der Waals surface area contributed by atoms with E-state index in [0.29, 0.717) is 5.56 Å². The number of hydrogen-bond acceptors (Lipinski definition) is 3. The topological polar surface area (TPSA) is 78.4 Å². The van der Waals surface area contributed by atoms with Gasteiger partial charge in [0.25, 0.3) is 5.91 Å². The number of aliphatic hydroxyl groups excluding tert-OH is 1. The molecule has 1 aromatic rings. The molecular weight excluding hydrogens is 256 g/mol. The third-order valence-electron chi connectivity index (χ3n) is 3.03. The fraction of sp³-hybridized carbons (Fsp3) is 0.467. The van der Waals surface area contributed by atoms with Crippen molar-refractivity contribution in [1.29, 1.82) is 0 Å². The molecule has 0 bridgehead atoms. The van der Waals surface area contributed by atoms with Gasteiger partial charge >= 0.3 is 0 Å². The van der Waals surface area contributed by atoms with E-state index in [-0.39, 0.29) is 18.5 Å². The fourth-order valence-electron chi connectivity index (χ4n) is 1.57. The van der Waals surface area contributed by atoms with Crippen molar-refractivity contribution in [3.63, 3.8) is 0 Å². The van der Waals surface area contributed by atoms with Gasteiger partial charge in [0.15, 0.2) is 0 Å². The second-order valence-electron chi connectivity index (χ2n) is 4.88. The van der Waals surface area contributed by atoms with E-state index in [2.05, 4.69) is 10.6 Å². The van der Waals surface area contributed by atoms with Gasteiger partial charge in [0.2, 0.25) is 5.91 Å². The molecule has 0 aliphatic rings. The Hall–Kier alpha value is -1.88. The van der Waals surface area contributed by atoms with Gasteiger partial charge in [-0.25, -0.2) is 0 Å². The highest BCUT2D eigenvalue weighted by atomic mass is 16.3. The van der Waals surface area contributed by atoms with Crippen molar-refractivity contribution in [2.75, 3.05) is 0 Å². The lowest BCUT2D eigenvalue weighted by Crippen LogP contribution is -2.33. The van der Waals surface area contributed by atoms with Gasteiger partial charge in [-0.2, -0.15) is 0 Å². The van der Waals surface area contributed by atoms with Crippen LogP contribution in [-0.4, -0.2) is 29.1 Å². The van der Waals surface area contributed by atoms with Gasteiger partial charge < -0.3 is 15.7 Å². The summed E-state index contributed by atoms with van der Waals surface area (Å²) in [5, 5.41) is 14.6. The highest BCUT2D eigenvalue weighted by molar-refractivity contribution is 5.94. The molecule has 5 nitrogen and oxygen atoms in total. The zero-order valence-corrected chi connectivity index (χ0v) is 12.1. The largest absolute Gasteiger partial charge is 0.384 e. The van der Waals surface area contributed by atoms with Crippen molar-refractivity contribution in [2.24, 2.45) is 0 Å².